The van der Waals surface area contributed by atoms with E-state index in [1.165, 1.54) is 0 Å². The first-order valence-corrected chi connectivity index (χ1v) is 11.9. The average molecular weight is 481 g/mol. The molecule has 1 aliphatic rings. The molecule has 34 heavy (non-hydrogen) atoms. The number of carbonyl (C=O) groups is 1. The smallest absolute Gasteiger partial charge is 0.323 e. The standard InChI is InChI=1S/C26H28N2O5S/c1-30-21-14-20(15-22(16-21)31-2)27-26(29)28-11-12-34-25(28)19-9-10-23(24(13-19)32-3)33-17-18-7-5-4-6-8-18/h4-10,13-16,25H,11-12,17H2,1-3H3,(H,27,29). The molecule has 0 spiro atoms. The highest BCUT2D eigenvalue weighted by molar-refractivity contribution is 7.99. The van der Waals surface area contributed by atoms with Gasteiger partial charge >= 0.3 is 6.03 Å². The van der Waals surface area contributed by atoms with Crippen LogP contribution in [0, 0.1) is 0 Å². The van der Waals surface area contributed by atoms with Gasteiger partial charge in [-0.25, -0.2) is 4.79 Å². The van der Waals surface area contributed by atoms with Gasteiger partial charge in [0.2, 0.25) is 0 Å². The Bertz CT molecular complexity index is 1100. The molecule has 1 N–H and O–H groups in total. The Morgan fingerprint density at radius 2 is 1.68 bits per heavy atom. The van der Waals surface area contributed by atoms with Crippen molar-refractivity contribution in [2.24, 2.45) is 0 Å². The maximum atomic E-state index is 13.1. The molecule has 2 amide bonds. The van der Waals surface area contributed by atoms with Crippen LogP contribution in [0.4, 0.5) is 10.5 Å². The molecule has 0 aromatic heterocycles. The second-order valence-corrected chi connectivity index (χ2v) is 8.82. The van der Waals surface area contributed by atoms with Crippen molar-refractivity contribution in [3.63, 3.8) is 0 Å². The number of ether oxygens (including phenoxy) is 4. The Morgan fingerprint density at radius 1 is 0.941 bits per heavy atom. The maximum Gasteiger partial charge on any atom is 0.323 e. The van der Waals surface area contributed by atoms with Crippen molar-refractivity contribution in [2.45, 2.75) is 12.0 Å². The molecule has 3 aromatic rings. The first kappa shape index (κ1) is 23.6. The van der Waals surface area contributed by atoms with Gasteiger partial charge in [0, 0.05) is 36.2 Å². The lowest BCUT2D eigenvalue weighted by Crippen LogP contribution is -2.34. The van der Waals surface area contributed by atoms with Crippen LogP contribution >= 0.6 is 11.8 Å². The van der Waals surface area contributed by atoms with Crippen LogP contribution < -0.4 is 24.3 Å². The van der Waals surface area contributed by atoms with Gasteiger partial charge in [0.1, 0.15) is 23.5 Å². The number of amides is 2. The van der Waals surface area contributed by atoms with Crippen LogP contribution in [0.3, 0.4) is 0 Å². The van der Waals surface area contributed by atoms with E-state index in [1.54, 1.807) is 51.3 Å². The molecule has 7 nitrogen and oxygen atoms in total. The van der Waals surface area contributed by atoms with Gasteiger partial charge in [-0.15, -0.1) is 11.8 Å². The zero-order valence-electron chi connectivity index (χ0n) is 19.4. The fraction of sp³-hybridized carbons (Fsp3) is 0.269. The number of thioether (sulfide) groups is 1. The minimum atomic E-state index is -0.186. The SMILES string of the molecule is COc1cc(NC(=O)N2CCSC2c2ccc(OCc3ccccc3)c(OC)c2)cc(OC)c1. The number of benzene rings is 3. The number of anilines is 1. The van der Waals surface area contributed by atoms with Gasteiger partial charge in [-0.05, 0) is 23.3 Å². The first-order chi connectivity index (χ1) is 16.6. The van der Waals surface area contributed by atoms with E-state index in [0.29, 0.717) is 41.8 Å². The van der Waals surface area contributed by atoms with E-state index in [1.807, 2.05) is 53.4 Å². The number of nitrogens with zero attached hydrogens (tertiary/aromatic N) is 1. The third-order valence-corrected chi connectivity index (χ3v) is 6.73. The summed E-state index contributed by atoms with van der Waals surface area (Å²) in [6, 6.07) is 20.9. The molecule has 1 atom stereocenters. The van der Waals surface area contributed by atoms with Gasteiger partial charge in [0.15, 0.2) is 11.5 Å². The molecule has 0 bridgehead atoms. The minimum Gasteiger partial charge on any atom is -0.497 e. The van der Waals surface area contributed by atoms with Gasteiger partial charge < -0.3 is 29.2 Å². The highest BCUT2D eigenvalue weighted by Gasteiger charge is 2.31. The minimum absolute atomic E-state index is 0.135. The van der Waals surface area contributed by atoms with Crippen molar-refractivity contribution in [3.05, 3.63) is 77.9 Å². The van der Waals surface area contributed by atoms with Crippen molar-refractivity contribution in [3.8, 4) is 23.0 Å². The highest BCUT2D eigenvalue weighted by Crippen LogP contribution is 2.41. The van der Waals surface area contributed by atoms with Gasteiger partial charge in [-0.3, -0.25) is 0 Å². The van der Waals surface area contributed by atoms with E-state index in [2.05, 4.69) is 5.32 Å². The molecule has 4 rings (SSSR count). The summed E-state index contributed by atoms with van der Waals surface area (Å²) in [5.74, 6) is 3.36. The van der Waals surface area contributed by atoms with E-state index >= 15 is 0 Å². The summed E-state index contributed by atoms with van der Waals surface area (Å²) in [6.07, 6.45) is 0. The zero-order chi connectivity index (χ0) is 23.9. The van der Waals surface area contributed by atoms with Crippen molar-refractivity contribution < 1.29 is 23.7 Å². The summed E-state index contributed by atoms with van der Waals surface area (Å²) in [5, 5.41) is 2.83. The molecule has 1 heterocycles. The number of rotatable bonds is 8. The Balaban J connectivity index is 1.48. The zero-order valence-corrected chi connectivity index (χ0v) is 20.3. The molecule has 1 saturated heterocycles. The van der Waals surface area contributed by atoms with Crippen LogP contribution in [0.2, 0.25) is 0 Å². The lowest BCUT2D eigenvalue weighted by Gasteiger charge is -2.25. The van der Waals surface area contributed by atoms with Crippen LogP contribution in [0.25, 0.3) is 0 Å². The number of nitrogens with one attached hydrogen (secondary N) is 1. The lowest BCUT2D eigenvalue weighted by molar-refractivity contribution is 0.214. The number of carbonyl (C=O) groups excluding carboxylic acids is 1. The number of urea groups is 1. The van der Waals surface area contributed by atoms with E-state index < -0.39 is 0 Å². The molecule has 0 saturated carbocycles. The number of methoxy groups -OCH3 is 3. The number of hydrogen-bond donors (Lipinski definition) is 1. The molecule has 1 aliphatic heterocycles. The molecule has 0 aliphatic carbocycles. The molecule has 3 aromatic carbocycles. The van der Waals surface area contributed by atoms with Crippen molar-refractivity contribution in [1.82, 2.24) is 4.90 Å². The summed E-state index contributed by atoms with van der Waals surface area (Å²) >= 11 is 1.71. The third-order valence-electron chi connectivity index (χ3n) is 5.46. The fourth-order valence-corrected chi connectivity index (χ4v) is 4.97. The Kier molecular flexibility index (Phi) is 7.69. The molecular formula is C26H28N2O5S. The summed E-state index contributed by atoms with van der Waals surface area (Å²) in [4.78, 5) is 15.0. The van der Waals surface area contributed by atoms with E-state index in [9.17, 15) is 4.79 Å². The average Bonchev–Trinajstić information content (AvgIpc) is 3.38. The normalized spacial score (nSPS) is 15.0. The predicted octanol–water partition coefficient (Wildman–Crippen LogP) is 5.57. The molecule has 8 heteroatoms. The first-order valence-electron chi connectivity index (χ1n) is 10.9. The third kappa shape index (κ3) is 5.51. The van der Waals surface area contributed by atoms with Crippen molar-refractivity contribution >= 4 is 23.5 Å². The van der Waals surface area contributed by atoms with Crippen LogP contribution in [0.15, 0.2) is 66.7 Å². The quantitative estimate of drug-likeness (QED) is 0.455. The summed E-state index contributed by atoms with van der Waals surface area (Å²) < 4.78 is 22.2. The molecule has 1 fully saturated rings. The maximum absolute atomic E-state index is 13.1. The molecule has 0 radical (unpaired) electrons. The summed E-state index contributed by atoms with van der Waals surface area (Å²) in [6.45, 7) is 1.09. The molecular weight excluding hydrogens is 452 g/mol. The predicted molar refractivity (Wildman–Crippen MR) is 134 cm³/mol. The summed E-state index contributed by atoms with van der Waals surface area (Å²) in [5.41, 5.74) is 2.67. The lowest BCUT2D eigenvalue weighted by atomic mass is 10.1. The van der Waals surface area contributed by atoms with E-state index in [0.717, 1.165) is 16.9 Å². The van der Waals surface area contributed by atoms with Crippen molar-refractivity contribution in [1.29, 1.82) is 0 Å². The largest absolute Gasteiger partial charge is 0.497 e. The van der Waals surface area contributed by atoms with E-state index in [-0.39, 0.29) is 11.4 Å². The Hall–Kier alpha value is -3.52. The topological polar surface area (TPSA) is 69.3 Å². The van der Waals surface area contributed by atoms with Gasteiger partial charge in [0.25, 0.3) is 0 Å². The second-order valence-electron chi connectivity index (χ2n) is 7.63. The van der Waals surface area contributed by atoms with Crippen LogP contribution in [-0.2, 0) is 6.61 Å². The number of hydrogen-bond acceptors (Lipinski definition) is 6. The van der Waals surface area contributed by atoms with Crippen molar-refractivity contribution in [2.75, 3.05) is 38.9 Å². The fourth-order valence-electron chi connectivity index (χ4n) is 3.72. The highest BCUT2D eigenvalue weighted by atomic mass is 32.2. The monoisotopic (exact) mass is 480 g/mol. The van der Waals surface area contributed by atoms with Gasteiger partial charge in [-0.1, -0.05) is 36.4 Å². The molecule has 178 valence electrons. The van der Waals surface area contributed by atoms with E-state index in [4.69, 9.17) is 18.9 Å². The Labute approximate surface area is 204 Å². The van der Waals surface area contributed by atoms with Crippen LogP contribution in [0.1, 0.15) is 16.5 Å². The summed E-state index contributed by atoms with van der Waals surface area (Å²) in [7, 11) is 4.78. The Morgan fingerprint density at radius 3 is 2.35 bits per heavy atom. The second kappa shape index (κ2) is 11.1. The molecule has 1 unspecified atom stereocenters. The van der Waals surface area contributed by atoms with Crippen LogP contribution in [-0.4, -0.2) is 44.6 Å². The van der Waals surface area contributed by atoms with Gasteiger partial charge in [0.05, 0.1) is 21.3 Å². The van der Waals surface area contributed by atoms with Gasteiger partial charge in [-0.2, -0.15) is 0 Å². The van der Waals surface area contributed by atoms with Crippen LogP contribution in [0.5, 0.6) is 23.0 Å².